The summed E-state index contributed by atoms with van der Waals surface area (Å²) in [7, 11) is 0. The zero-order chi connectivity index (χ0) is 20.8. The monoisotopic (exact) mass is 407 g/mol. The van der Waals surface area contributed by atoms with Crippen molar-refractivity contribution in [1.82, 2.24) is 4.90 Å². The summed E-state index contributed by atoms with van der Waals surface area (Å²) in [4.78, 5) is 2.57. The lowest BCUT2D eigenvalue weighted by atomic mass is 10.1. The summed E-state index contributed by atoms with van der Waals surface area (Å²) >= 11 is 0. The van der Waals surface area contributed by atoms with Gasteiger partial charge < -0.3 is 0 Å². The highest BCUT2D eigenvalue weighted by Crippen LogP contribution is 2.12. The van der Waals surface area contributed by atoms with Crippen molar-refractivity contribution in [2.45, 2.75) is 142 Å². The highest BCUT2D eigenvalue weighted by molar-refractivity contribution is 5.50. The van der Waals surface area contributed by atoms with Crippen LogP contribution in [-0.2, 0) is 0 Å². The van der Waals surface area contributed by atoms with Gasteiger partial charge in [0, 0.05) is 0 Å². The van der Waals surface area contributed by atoms with Crippen LogP contribution in [0.5, 0.6) is 0 Å². The minimum absolute atomic E-state index is 1.26. The van der Waals surface area contributed by atoms with E-state index in [0.29, 0.717) is 0 Å². The standard InChI is InChI=1S/C27H55N2/c1-3-5-7-9-11-13-15-17-19-21-23-28-25-26-29(27-28)24-22-20-18-16-14-12-10-8-6-4-2/h27H,3-26H2,1-2H3/q+1. The maximum atomic E-state index is 2.57. The highest BCUT2D eigenvalue weighted by Gasteiger charge is 2.17. The van der Waals surface area contributed by atoms with Crippen LogP contribution in [0.1, 0.15) is 142 Å². The number of rotatable bonds is 22. The Labute approximate surface area is 184 Å². The molecule has 1 aliphatic rings. The molecule has 0 aromatic heterocycles. The van der Waals surface area contributed by atoms with E-state index in [9.17, 15) is 0 Å². The Balaban J connectivity index is 1.84. The van der Waals surface area contributed by atoms with E-state index in [1.165, 1.54) is 155 Å². The first-order chi connectivity index (χ1) is 14.4. The topological polar surface area (TPSA) is 6.25 Å². The van der Waals surface area contributed by atoms with Gasteiger partial charge in [-0.1, -0.05) is 117 Å². The quantitative estimate of drug-likeness (QED) is 0.129. The fourth-order valence-corrected chi connectivity index (χ4v) is 4.55. The molecular weight excluding hydrogens is 352 g/mol. The predicted octanol–water partition coefficient (Wildman–Crippen LogP) is 8.18. The molecule has 0 bridgehead atoms. The van der Waals surface area contributed by atoms with Gasteiger partial charge in [0.05, 0.1) is 13.1 Å². The van der Waals surface area contributed by atoms with Gasteiger partial charge in [-0.05, 0) is 25.7 Å². The molecule has 0 unspecified atom stereocenters. The van der Waals surface area contributed by atoms with Crippen LogP contribution in [-0.4, -0.2) is 42.0 Å². The molecule has 0 saturated carbocycles. The molecule has 1 rings (SSSR count). The van der Waals surface area contributed by atoms with Gasteiger partial charge in [0.2, 0.25) is 6.34 Å². The molecule has 1 heterocycles. The maximum absolute atomic E-state index is 2.57. The molecular formula is C27H55N2+. The van der Waals surface area contributed by atoms with Crippen molar-refractivity contribution in [2.75, 3.05) is 26.2 Å². The molecule has 0 fully saturated rings. The van der Waals surface area contributed by atoms with Crippen LogP contribution >= 0.6 is 0 Å². The Morgan fingerprint density at radius 2 is 0.966 bits per heavy atom. The van der Waals surface area contributed by atoms with Gasteiger partial charge in [0.15, 0.2) is 0 Å². The van der Waals surface area contributed by atoms with Crippen LogP contribution in [0.15, 0.2) is 0 Å². The van der Waals surface area contributed by atoms with Crippen LogP contribution in [0, 0.1) is 0 Å². The second kappa shape index (κ2) is 20.7. The first kappa shape index (κ1) is 26.5. The van der Waals surface area contributed by atoms with Crippen molar-refractivity contribution in [3.05, 3.63) is 0 Å². The van der Waals surface area contributed by atoms with Gasteiger partial charge in [0.1, 0.15) is 13.1 Å². The summed E-state index contributed by atoms with van der Waals surface area (Å²) in [6.07, 6.45) is 31.2. The largest absolute Gasteiger partial charge is 0.264 e. The van der Waals surface area contributed by atoms with Crippen molar-refractivity contribution >= 4 is 6.34 Å². The maximum Gasteiger partial charge on any atom is 0.234 e. The molecule has 172 valence electrons. The average molecular weight is 408 g/mol. The van der Waals surface area contributed by atoms with Gasteiger partial charge in [-0.2, -0.15) is 0 Å². The molecule has 0 aromatic carbocycles. The molecule has 0 atom stereocenters. The van der Waals surface area contributed by atoms with E-state index in [4.69, 9.17) is 0 Å². The van der Waals surface area contributed by atoms with Crippen LogP contribution in [0.4, 0.5) is 0 Å². The SMILES string of the molecule is CCCCCCCCCCCCN1C=[N+](CCCCCCCCCCCC)CC1. The van der Waals surface area contributed by atoms with Gasteiger partial charge in [-0.25, -0.2) is 0 Å². The van der Waals surface area contributed by atoms with E-state index in [1.54, 1.807) is 0 Å². The molecule has 0 saturated heterocycles. The summed E-state index contributed by atoms with van der Waals surface area (Å²) in [5, 5.41) is 0. The van der Waals surface area contributed by atoms with E-state index in [1.807, 2.05) is 0 Å². The Morgan fingerprint density at radius 1 is 0.552 bits per heavy atom. The van der Waals surface area contributed by atoms with Crippen molar-refractivity contribution in [3.63, 3.8) is 0 Å². The third-order valence-corrected chi connectivity index (χ3v) is 6.60. The number of hydrogen-bond donors (Lipinski definition) is 0. The lowest BCUT2D eigenvalue weighted by Gasteiger charge is -2.06. The molecule has 0 aromatic rings. The van der Waals surface area contributed by atoms with Crippen molar-refractivity contribution < 1.29 is 4.58 Å². The van der Waals surface area contributed by atoms with Crippen LogP contribution < -0.4 is 0 Å². The van der Waals surface area contributed by atoms with Gasteiger partial charge in [-0.15, -0.1) is 0 Å². The zero-order valence-electron chi connectivity index (χ0n) is 20.4. The van der Waals surface area contributed by atoms with Crippen LogP contribution in [0.2, 0.25) is 0 Å². The molecule has 2 heteroatoms. The normalized spacial score (nSPS) is 14.0. The number of hydrogen-bond acceptors (Lipinski definition) is 1. The first-order valence-electron chi connectivity index (χ1n) is 13.7. The summed E-state index contributed by atoms with van der Waals surface area (Å²) in [6, 6.07) is 0. The highest BCUT2D eigenvalue weighted by atomic mass is 15.3. The van der Waals surface area contributed by atoms with Crippen LogP contribution in [0.25, 0.3) is 0 Å². The van der Waals surface area contributed by atoms with Crippen molar-refractivity contribution in [2.24, 2.45) is 0 Å². The van der Waals surface area contributed by atoms with Crippen molar-refractivity contribution in [3.8, 4) is 0 Å². The van der Waals surface area contributed by atoms with E-state index in [2.05, 4.69) is 29.7 Å². The number of nitrogens with zero attached hydrogens (tertiary/aromatic N) is 2. The van der Waals surface area contributed by atoms with Gasteiger partial charge in [0.25, 0.3) is 0 Å². The van der Waals surface area contributed by atoms with E-state index in [-0.39, 0.29) is 0 Å². The molecule has 2 nitrogen and oxygen atoms in total. The van der Waals surface area contributed by atoms with Crippen LogP contribution in [0.3, 0.4) is 0 Å². The second-order valence-electron chi connectivity index (χ2n) is 9.55. The van der Waals surface area contributed by atoms with Gasteiger partial charge >= 0.3 is 0 Å². The lowest BCUT2D eigenvalue weighted by Crippen LogP contribution is -2.20. The fourth-order valence-electron chi connectivity index (χ4n) is 4.55. The minimum Gasteiger partial charge on any atom is -0.264 e. The smallest absolute Gasteiger partial charge is 0.234 e. The Morgan fingerprint density at radius 3 is 1.45 bits per heavy atom. The third kappa shape index (κ3) is 16.9. The zero-order valence-corrected chi connectivity index (χ0v) is 20.4. The molecule has 0 spiro atoms. The van der Waals surface area contributed by atoms with E-state index < -0.39 is 0 Å². The molecule has 0 N–H and O–H groups in total. The van der Waals surface area contributed by atoms with E-state index in [0.717, 1.165) is 0 Å². The molecule has 0 radical (unpaired) electrons. The third-order valence-electron chi connectivity index (χ3n) is 6.60. The lowest BCUT2D eigenvalue weighted by molar-refractivity contribution is -0.514. The summed E-state index contributed by atoms with van der Waals surface area (Å²) in [6.45, 7) is 9.69. The Bertz CT molecular complexity index is 364. The predicted molar refractivity (Wildman–Crippen MR) is 131 cm³/mol. The fraction of sp³-hybridized carbons (Fsp3) is 0.963. The van der Waals surface area contributed by atoms with E-state index >= 15 is 0 Å². The summed E-state index contributed by atoms with van der Waals surface area (Å²) < 4.78 is 2.57. The molecule has 0 aliphatic carbocycles. The van der Waals surface area contributed by atoms with Gasteiger partial charge in [-0.3, -0.25) is 9.48 Å². The summed E-state index contributed by atoms with van der Waals surface area (Å²) in [5.74, 6) is 0. The molecule has 1 aliphatic heterocycles. The molecule has 0 amide bonds. The Hall–Kier alpha value is -0.530. The summed E-state index contributed by atoms with van der Waals surface area (Å²) in [5.41, 5.74) is 0. The number of unbranched alkanes of at least 4 members (excludes halogenated alkanes) is 18. The second-order valence-corrected chi connectivity index (χ2v) is 9.55. The van der Waals surface area contributed by atoms with Crippen molar-refractivity contribution in [1.29, 1.82) is 0 Å². The minimum atomic E-state index is 1.26. The first-order valence-corrected chi connectivity index (χ1v) is 13.7. The Kier molecular flexibility index (Phi) is 18.9. The molecule has 29 heavy (non-hydrogen) atoms. The average Bonchev–Trinajstić information content (AvgIpc) is 3.18.